The van der Waals surface area contributed by atoms with Crippen LogP contribution in [0.5, 0.6) is 0 Å². The number of rotatable bonds is 2. The molecule has 2 saturated heterocycles. The van der Waals surface area contributed by atoms with Crippen molar-refractivity contribution in [1.29, 1.82) is 0 Å². The second-order valence-corrected chi connectivity index (χ2v) is 6.90. The van der Waals surface area contributed by atoms with Crippen molar-refractivity contribution in [3.8, 4) is 0 Å². The van der Waals surface area contributed by atoms with Crippen LogP contribution < -0.4 is 15.5 Å². The van der Waals surface area contributed by atoms with E-state index in [-0.39, 0.29) is 26.1 Å². The van der Waals surface area contributed by atoms with Crippen molar-refractivity contribution in [2.75, 3.05) is 56.2 Å². The van der Waals surface area contributed by atoms with E-state index in [0.717, 1.165) is 0 Å². The quantitative estimate of drug-likeness (QED) is 0.793. The lowest BCUT2D eigenvalue weighted by molar-refractivity contribution is -0.156. The Morgan fingerprint density at radius 2 is 1.96 bits per heavy atom. The zero-order chi connectivity index (χ0) is 19.4. The average Bonchev–Trinajstić information content (AvgIpc) is 2.89. The minimum atomic E-state index is -4.32. The van der Waals surface area contributed by atoms with Crippen molar-refractivity contribution >= 4 is 29.0 Å². The van der Waals surface area contributed by atoms with Gasteiger partial charge in [-0.15, -0.1) is 0 Å². The van der Waals surface area contributed by atoms with Crippen LogP contribution in [0, 0.1) is 0 Å². The molecule has 1 aromatic rings. The molecule has 10 heteroatoms. The molecule has 0 radical (unpaired) electrons. The monoisotopic (exact) mass is 406 g/mol. The Balaban J connectivity index is 1.70. The highest BCUT2D eigenvalue weighted by Gasteiger charge is 2.40. The Hall–Kier alpha value is -1.71. The molecule has 2 N–H and O–H groups in total. The molecule has 150 valence electrons. The summed E-state index contributed by atoms with van der Waals surface area (Å²) in [4.78, 5) is 16.1. The first-order valence-corrected chi connectivity index (χ1v) is 9.21. The zero-order valence-electron chi connectivity index (χ0n) is 14.7. The third-order valence-electron chi connectivity index (χ3n) is 4.70. The number of carbonyl (C=O) groups excluding carboxylic acids is 1. The lowest BCUT2D eigenvalue weighted by Gasteiger charge is -2.32. The molecule has 0 spiro atoms. The van der Waals surface area contributed by atoms with E-state index >= 15 is 0 Å². The summed E-state index contributed by atoms with van der Waals surface area (Å²) in [6, 6.07) is 3.18. The number of benzene rings is 1. The summed E-state index contributed by atoms with van der Waals surface area (Å²) in [5, 5.41) is 5.77. The number of ether oxygens (including phenoxy) is 1. The van der Waals surface area contributed by atoms with Crippen molar-refractivity contribution in [1.82, 2.24) is 10.2 Å². The van der Waals surface area contributed by atoms with E-state index in [1.807, 2.05) is 4.90 Å². The van der Waals surface area contributed by atoms with Crippen LogP contribution in [-0.4, -0.2) is 69.1 Å². The summed E-state index contributed by atoms with van der Waals surface area (Å²) in [7, 11) is 0. The van der Waals surface area contributed by atoms with E-state index in [1.165, 1.54) is 4.90 Å². The number of urea groups is 1. The smallest absolute Gasteiger partial charge is 0.378 e. The van der Waals surface area contributed by atoms with E-state index in [9.17, 15) is 18.0 Å². The molecule has 6 nitrogen and oxygen atoms in total. The molecular weight excluding hydrogens is 385 g/mol. The van der Waals surface area contributed by atoms with Crippen LogP contribution in [0.25, 0.3) is 0 Å². The second-order valence-electron chi connectivity index (χ2n) is 6.49. The summed E-state index contributed by atoms with van der Waals surface area (Å²) < 4.78 is 44.0. The number of hydrogen-bond donors (Lipinski definition) is 2. The Labute approximate surface area is 160 Å². The summed E-state index contributed by atoms with van der Waals surface area (Å²) in [5.41, 5.74) is 1.25. The first kappa shape index (κ1) is 20.0. The molecule has 0 unspecified atom stereocenters. The number of para-hydroxylation sites is 1. The van der Waals surface area contributed by atoms with Gasteiger partial charge in [-0.3, -0.25) is 0 Å². The number of alkyl halides is 3. The molecular formula is C17H22ClF3N4O2. The molecule has 2 heterocycles. The molecule has 3 rings (SSSR count). The van der Waals surface area contributed by atoms with Gasteiger partial charge in [0.2, 0.25) is 0 Å². The Bertz CT molecular complexity index is 668. The van der Waals surface area contributed by atoms with Gasteiger partial charge in [-0.25, -0.2) is 4.79 Å². The van der Waals surface area contributed by atoms with E-state index in [2.05, 4.69) is 10.6 Å². The van der Waals surface area contributed by atoms with Crippen LogP contribution in [-0.2, 0) is 4.74 Å². The fourth-order valence-corrected chi connectivity index (χ4v) is 3.57. The van der Waals surface area contributed by atoms with E-state index in [4.69, 9.17) is 16.3 Å². The van der Waals surface area contributed by atoms with Crippen molar-refractivity contribution in [3.63, 3.8) is 0 Å². The van der Waals surface area contributed by atoms with E-state index in [1.54, 1.807) is 18.2 Å². The van der Waals surface area contributed by atoms with Crippen LogP contribution in [0.2, 0.25) is 5.02 Å². The number of halogens is 4. The first-order valence-electron chi connectivity index (χ1n) is 8.83. The van der Waals surface area contributed by atoms with Gasteiger partial charge >= 0.3 is 12.2 Å². The molecule has 2 aliphatic rings. The number of nitrogens with zero attached hydrogens (tertiary/aromatic N) is 2. The van der Waals surface area contributed by atoms with Crippen molar-refractivity contribution in [2.24, 2.45) is 0 Å². The summed E-state index contributed by atoms with van der Waals surface area (Å²) in [5.74, 6) is 0. The Morgan fingerprint density at radius 1 is 1.22 bits per heavy atom. The normalized spacial score (nSPS) is 21.7. The molecule has 0 aliphatic carbocycles. The van der Waals surface area contributed by atoms with E-state index in [0.29, 0.717) is 42.7 Å². The maximum Gasteiger partial charge on any atom is 0.403 e. The second kappa shape index (κ2) is 8.53. The van der Waals surface area contributed by atoms with Gasteiger partial charge in [0, 0.05) is 32.7 Å². The van der Waals surface area contributed by atoms with Gasteiger partial charge in [-0.2, -0.15) is 13.2 Å². The number of amides is 2. The Kier molecular flexibility index (Phi) is 6.33. The Morgan fingerprint density at radius 3 is 2.67 bits per heavy atom. The first-order chi connectivity index (χ1) is 12.9. The minimum Gasteiger partial charge on any atom is -0.378 e. The highest BCUT2D eigenvalue weighted by atomic mass is 35.5. The van der Waals surface area contributed by atoms with Gasteiger partial charge in [0.25, 0.3) is 0 Å². The van der Waals surface area contributed by atoms with Gasteiger partial charge in [-0.05, 0) is 18.6 Å². The molecule has 0 bridgehead atoms. The van der Waals surface area contributed by atoms with Gasteiger partial charge in [0.1, 0.15) is 6.04 Å². The number of anilines is 2. The van der Waals surface area contributed by atoms with Crippen LogP contribution in [0.1, 0.15) is 6.42 Å². The van der Waals surface area contributed by atoms with Crippen LogP contribution in [0.4, 0.5) is 29.3 Å². The van der Waals surface area contributed by atoms with E-state index < -0.39 is 18.2 Å². The van der Waals surface area contributed by atoms with Gasteiger partial charge in [0.05, 0.1) is 29.6 Å². The maximum atomic E-state index is 12.9. The predicted octanol–water partition coefficient (Wildman–Crippen LogP) is 2.93. The largest absolute Gasteiger partial charge is 0.403 e. The summed E-state index contributed by atoms with van der Waals surface area (Å²) in [6.07, 6.45) is -4.49. The van der Waals surface area contributed by atoms with Gasteiger partial charge < -0.3 is 25.2 Å². The average molecular weight is 407 g/mol. The number of hydrogen-bond acceptors (Lipinski definition) is 4. The van der Waals surface area contributed by atoms with Crippen molar-refractivity contribution in [3.05, 3.63) is 23.2 Å². The fourth-order valence-electron chi connectivity index (χ4n) is 3.27. The minimum absolute atomic E-state index is 0.0243. The van der Waals surface area contributed by atoms with Crippen LogP contribution in [0.3, 0.4) is 0 Å². The lowest BCUT2D eigenvalue weighted by Crippen LogP contribution is -2.42. The van der Waals surface area contributed by atoms with Crippen molar-refractivity contribution in [2.45, 2.75) is 18.6 Å². The predicted molar refractivity (Wildman–Crippen MR) is 97.5 cm³/mol. The zero-order valence-corrected chi connectivity index (χ0v) is 15.4. The molecule has 0 aromatic heterocycles. The molecule has 2 amide bonds. The highest BCUT2D eigenvalue weighted by molar-refractivity contribution is 6.34. The molecule has 2 aliphatic heterocycles. The molecule has 0 saturated carbocycles. The third kappa shape index (κ3) is 4.97. The maximum absolute atomic E-state index is 12.9. The number of nitrogens with one attached hydrogen (secondary N) is 2. The van der Waals surface area contributed by atoms with Crippen LogP contribution >= 0.6 is 11.6 Å². The lowest BCUT2D eigenvalue weighted by atomic mass is 10.2. The standard InChI is InChI=1S/C17H22ClF3N4O2/c18-12-2-1-3-13(15(12)24-8-10-27-11-9-24)23-16(26)25-6-4-14(17(19,20)21)22-5-7-25/h1-3,14,22H,4-11H2,(H,23,26)/t14-/m1/s1. The topological polar surface area (TPSA) is 56.8 Å². The summed E-state index contributed by atoms with van der Waals surface area (Å²) in [6.45, 7) is 2.73. The molecule has 1 atom stereocenters. The number of morpholine rings is 1. The fraction of sp³-hybridized carbons (Fsp3) is 0.588. The molecule has 2 fully saturated rings. The summed E-state index contributed by atoms with van der Waals surface area (Å²) >= 11 is 6.34. The molecule has 1 aromatic carbocycles. The van der Waals surface area contributed by atoms with Gasteiger partial charge in [-0.1, -0.05) is 17.7 Å². The highest BCUT2D eigenvalue weighted by Crippen LogP contribution is 2.34. The molecule has 27 heavy (non-hydrogen) atoms. The SMILES string of the molecule is O=C(Nc1cccc(Cl)c1N1CCOCC1)N1CCN[C@@H](C(F)(F)F)CC1. The number of carbonyl (C=O) groups is 1. The van der Waals surface area contributed by atoms with Crippen LogP contribution in [0.15, 0.2) is 18.2 Å². The third-order valence-corrected chi connectivity index (χ3v) is 5.00. The van der Waals surface area contributed by atoms with Gasteiger partial charge in [0.15, 0.2) is 0 Å². The van der Waals surface area contributed by atoms with Crippen molar-refractivity contribution < 1.29 is 22.7 Å².